The summed E-state index contributed by atoms with van der Waals surface area (Å²) in [6, 6.07) is 2.66. The van der Waals surface area contributed by atoms with Crippen molar-refractivity contribution in [3.8, 4) is 5.75 Å². The summed E-state index contributed by atoms with van der Waals surface area (Å²) in [4.78, 5) is 11.1. The fourth-order valence-corrected chi connectivity index (χ4v) is 1.28. The number of hydrogen-bond acceptors (Lipinski definition) is 3. The molecule has 1 aliphatic heterocycles. The van der Waals surface area contributed by atoms with Crippen molar-refractivity contribution in [3.63, 3.8) is 0 Å². The summed E-state index contributed by atoms with van der Waals surface area (Å²) in [5.74, 6) is -0.370. The Hall–Kier alpha value is -1.78. The molecule has 3 N–H and O–H groups in total. The van der Waals surface area contributed by atoms with Gasteiger partial charge in [-0.2, -0.15) is 0 Å². The van der Waals surface area contributed by atoms with E-state index in [9.17, 15) is 9.18 Å². The summed E-state index contributed by atoms with van der Waals surface area (Å²) in [7, 11) is 0. The highest BCUT2D eigenvalue weighted by Crippen LogP contribution is 2.34. The standard InChI is InChI=1S/C9H9FN2O2/c10-5-1-2-6-9(8(5)11)12-7(13)3-4-14-6/h1-2H,3-4,11H2,(H,12,13). The molecule has 0 saturated carbocycles. The molecule has 0 fully saturated rings. The summed E-state index contributed by atoms with van der Waals surface area (Å²) in [6.07, 6.45) is 0.246. The van der Waals surface area contributed by atoms with Crippen molar-refractivity contribution < 1.29 is 13.9 Å². The number of anilines is 2. The number of nitrogen functional groups attached to an aromatic ring is 1. The fraction of sp³-hybridized carbons (Fsp3) is 0.222. The lowest BCUT2D eigenvalue weighted by molar-refractivity contribution is -0.116. The third-order valence-electron chi connectivity index (χ3n) is 2.01. The average molecular weight is 196 g/mol. The first-order chi connectivity index (χ1) is 6.68. The van der Waals surface area contributed by atoms with E-state index in [1.807, 2.05) is 0 Å². The number of rotatable bonds is 0. The number of hydrogen-bond donors (Lipinski definition) is 2. The summed E-state index contributed by atoms with van der Waals surface area (Å²) in [5.41, 5.74) is 5.61. The van der Waals surface area contributed by atoms with Gasteiger partial charge in [-0.1, -0.05) is 0 Å². The van der Waals surface area contributed by atoms with E-state index >= 15 is 0 Å². The van der Waals surface area contributed by atoms with Gasteiger partial charge in [-0.3, -0.25) is 4.79 Å². The topological polar surface area (TPSA) is 64.3 Å². The first-order valence-corrected chi connectivity index (χ1v) is 4.19. The Kier molecular flexibility index (Phi) is 1.99. The minimum Gasteiger partial charge on any atom is -0.491 e. The number of amides is 1. The Morgan fingerprint density at radius 1 is 1.50 bits per heavy atom. The number of ether oxygens (including phenoxy) is 1. The van der Waals surface area contributed by atoms with Gasteiger partial charge in [-0.05, 0) is 12.1 Å². The molecule has 1 aromatic carbocycles. The fourth-order valence-electron chi connectivity index (χ4n) is 1.28. The lowest BCUT2D eigenvalue weighted by atomic mass is 10.2. The van der Waals surface area contributed by atoms with Gasteiger partial charge in [0.1, 0.15) is 17.3 Å². The molecule has 5 heteroatoms. The van der Waals surface area contributed by atoms with Gasteiger partial charge < -0.3 is 15.8 Å². The smallest absolute Gasteiger partial charge is 0.227 e. The molecule has 1 heterocycles. The van der Waals surface area contributed by atoms with E-state index in [1.54, 1.807) is 0 Å². The summed E-state index contributed by atoms with van der Waals surface area (Å²) in [6.45, 7) is 0.282. The number of halogens is 1. The predicted octanol–water partition coefficient (Wildman–Crippen LogP) is 1.13. The highest BCUT2D eigenvalue weighted by Gasteiger charge is 2.18. The van der Waals surface area contributed by atoms with Crippen LogP contribution in [0.4, 0.5) is 15.8 Å². The highest BCUT2D eigenvalue weighted by atomic mass is 19.1. The van der Waals surface area contributed by atoms with Crippen molar-refractivity contribution in [2.75, 3.05) is 17.7 Å². The van der Waals surface area contributed by atoms with E-state index in [0.29, 0.717) is 5.75 Å². The SMILES string of the molecule is Nc1c(F)ccc2c1NC(=O)CCO2. The molecule has 0 spiro atoms. The van der Waals surface area contributed by atoms with E-state index in [-0.39, 0.29) is 30.3 Å². The van der Waals surface area contributed by atoms with Gasteiger partial charge in [0, 0.05) is 0 Å². The Bertz CT molecular complexity index is 393. The molecule has 74 valence electrons. The Morgan fingerprint density at radius 2 is 2.29 bits per heavy atom. The lowest BCUT2D eigenvalue weighted by Gasteiger charge is -2.09. The first kappa shape index (κ1) is 8.80. The van der Waals surface area contributed by atoms with Gasteiger partial charge in [-0.25, -0.2) is 4.39 Å². The van der Waals surface area contributed by atoms with Crippen LogP contribution in [0, 0.1) is 5.82 Å². The second-order valence-corrected chi connectivity index (χ2v) is 2.98. The van der Waals surface area contributed by atoms with Crippen LogP contribution in [0.2, 0.25) is 0 Å². The maximum Gasteiger partial charge on any atom is 0.227 e. The van der Waals surface area contributed by atoms with E-state index in [4.69, 9.17) is 10.5 Å². The number of benzene rings is 1. The molecule has 1 aliphatic rings. The highest BCUT2D eigenvalue weighted by molar-refractivity contribution is 5.96. The molecular weight excluding hydrogens is 187 g/mol. The molecule has 0 aliphatic carbocycles. The summed E-state index contributed by atoms with van der Waals surface area (Å²) < 4.78 is 18.3. The Morgan fingerprint density at radius 3 is 3.07 bits per heavy atom. The molecule has 2 rings (SSSR count). The molecule has 0 unspecified atom stereocenters. The summed E-state index contributed by atoms with van der Waals surface area (Å²) in [5, 5.41) is 2.50. The predicted molar refractivity (Wildman–Crippen MR) is 49.6 cm³/mol. The van der Waals surface area contributed by atoms with Crippen LogP contribution in [0.1, 0.15) is 6.42 Å². The minimum atomic E-state index is -0.561. The van der Waals surface area contributed by atoms with Gasteiger partial charge in [0.25, 0.3) is 0 Å². The van der Waals surface area contributed by atoms with Crippen LogP contribution in [0.15, 0.2) is 12.1 Å². The van der Waals surface area contributed by atoms with E-state index in [1.165, 1.54) is 12.1 Å². The zero-order valence-electron chi connectivity index (χ0n) is 7.34. The summed E-state index contributed by atoms with van der Waals surface area (Å²) >= 11 is 0. The monoisotopic (exact) mass is 196 g/mol. The normalized spacial score (nSPS) is 15.1. The van der Waals surface area contributed by atoms with Crippen LogP contribution in [-0.4, -0.2) is 12.5 Å². The molecular formula is C9H9FN2O2. The largest absolute Gasteiger partial charge is 0.491 e. The third-order valence-corrected chi connectivity index (χ3v) is 2.01. The van der Waals surface area contributed by atoms with Crippen LogP contribution >= 0.6 is 0 Å². The number of nitrogens with two attached hydrogens (primary N) is 1. The molecule has 0 bridgehead atoms. The number of carbonyl (C=O) groups excluding carboxylic acids is 1. The van der Waals surface area contributed by atoms with Gasteiger partial charge >= 0.3 is 0 Å². The molecule has 0 radical (unpaired) electrons. The second kappa shape index (κ2) is 3.17. The quantitative estimate of drug-likeness (QED) is 0.611. The van der Waals surface area contributed by atoms with Crippen LogP contribution in [-0.2, 0) is 4.79 Å². The Labute approximate surface area is 79.9 Å². The zero-order chi connectivity index (χ0) is 10.1. The molecule has 4 nitrogen and oxygen atoms in total. The molecule has 1 aromatic rings. The van der Waals surface area contributed by atoms with Crippen molar-refractivity contribution in [2.45, 2.75) is 6.42 Å². The number of carbonyl (C=O) groups is 1. The van der Waals surface area contributed by atoms with Crippen molar-refractivity contribution >= 4 is 17.3 Å². The number of nitrogens with one attached hydrogen (secondary N) is 1. The first-order valence-electron chi connectivity index (χ1n) is 4.19. The lowest BCUT2D eigenvalue weighted by Crippen LogP contribution is -2.12. The van der Waals surface area contributed by atoms with Crippen molar-refractivity contribution in [3.05, 3.63) is 17.9 Å². The van der Waals surface area contributed by atoms with E-state index in [0.717, 1.165) is 0 Å². The Balaban J connectivity index is 2.51. The van der Waals surface area contributed by atoms with Crippen LogP contribution in [0.25, 0.3) is 0 Å². The minimum absolute atomic E-state index is 0.0854. The average Bonchev–Trinajstić information content (AvgIpc) is 2.34. The van der Waals surface area contributed by atoms with Gasteiger partial charge in [0.05, 0.1) is 18.7 Å². The molecule has 0 atom stereocenters. The van der Waals surface area contributed by atoms with Crippen LogP contribution in [0.3, 0.4) is 0 Å². The second-order valence-electron chi connectivity index (χ2n) is 2.98. The maximum atomic E-state index is 13.0. The van der Waals surface area contributed by atoms with Gasteiger partial charge in [0.15, 0.2) is 0 Å². The van der Waals surface area contributed by atoms with Gasteiger partial charge in [0.2, 0.25) is 5.91 Å². The van der Waals surface area contributed by atoms with Crippen LogP contribution < -0.4 is 15.8 Å². The molecule has 1 amide bonds. The van der Waals surface area contributed by atoms with Crippen molar-refractivity contribution in [1.29, 1.82) is 0 Å². The molecule has 14 heavy (non-hydrogen) atoms. The van der Waals surface area contributed by atoms with Gasteiger partial charge in [-0.15, -0.1) is 0 Å². The molecule has 0 saturated heterocycles. The van der Waals surface area contributed by atoms with Crippen molar-refractivity contribution in [1.82, 2.24) is 0 Å². The van der Waals surface area contributed by atoms with Crippen molar-refractivity contribution in [2.24, 2.45) is 0 Å². The maximum absolute atomic E-state index is 13.0. The molecule has 0 aromatic heterocycles. The van der Waals surface area contributed by atoms with Crippen LogP contribution in [0.5, 0.6) is 5.75 Å². The number of fused-ring (bicyclic) bond motifs is 1. The van der Waals surface area contributed by atoms with E-state index in [2.05, 4.69) is 5.32 Å². The third kappa shape index (κ3) is 1.37. The van der Waals surface area contributed by atoms with E-state index < -0.39 is 5.82 Å². The zero-order valence-corrected chi connectivity index (χ0v) is 7.34.